The molecule has 1 atom stereocenters. The van der Waals surface area contributed by atoms with Crippen molar-refractivity contribution in [3.63, 3.8) is 0 Å². The van der Waals surface area contributed by atoms with Gasteiger partial charge in [0.2, 0.25) is 25.1 Å². The van der Waals surface area contributed by atoms with Gasteiger partial charge in [-0.15, -0.1) is 0 Å². The fourth-order valence-corrected chi connectivity index (χ4v) is 7.07. The zero-order valence-corrected chi connectivity index (χ0v) is 32.3. The van der Waals surface area contributed by atoms with Crippen LogP contribution in [0.3, 0.4) is 0 Å². The van der Waals surface area contributed by atoms with Crippen molar-refractivity contribution < 1.29 is 68.9 Å². The van der Waals surface area contributed by atoms with Crippen LogP contribution in [-0.4, -0.2) is 82.2 Å². The maximum Gasteiger partial charge on any atom is 0.416 e. The van der Waals surface area contributed by atoms with E-state index in [9.17, 15) is 35.9 Å². The number of Topliss-reactive ketones (excluding diaryl/α,β-unsaturated/α-hetero) is 2. The van der Waals surface area contributed by atoms with E-state index in [1.165, 1.54) is 43.9 Å². The molecule has 0 aromatic heterocycles. The van der Waals surface area contributed by atoms with E-state index in [1.54, 1.807) is 7.11 Å². The maximum atomic E-state index is 13.0. The van der Waals surface area contributed by atoms with Crippen LogP contribution in [0.5, 0.6) is 34.5 Å². The van der Waals surface area contributed by atoms with Crippen LogP contribution in [0.25, 0.3) is 0 Å². The van der Waals surface area contributed by atoms with Gasteiger partial charge in [-0.1, -0.05) is 24.3 Å². The zero-order valence-electron chi connectivity index (χ0n) is 32.3. The molecular weight excluding hydrogens is 774 g/mol. The third kappa shape index (κ3) is 9.01. The van der Waals surface area contributed by atoms with Gasteiger partial charge in [-0.2, -0.15) is 26.3 Å². The van der Waals surface area contributed by atoms with Gasteiger partial charge in [-0.3, -0.25) is 14.5 Å². The first-order chi connectivity index (χ1) is 27.5. The summed E-state index contributed by atoms with van der Waals surface area (Å²) in [4.78, 5) is 25.7. The number of nitrogens with zero attached hydrogens (tertiary/aromatic N) is 2. The molecule has 1 unspecified atom stereocenters. The Balaban J connectivity index is 0.000000164. The standard InChI is InChI=1S/C21H20F3NO4.C12H14NO3.C9H7F3O/c1-25-7-6-13-9-17-19(29-11-28-17)20(27-2)18(13)15(25)10-16(26)12-4-3-5-14(8-12)21(22,23)24;1-13-4-3-8-5-10-12(16-7-15-10)11(14-2)9(8)6-13;1-6(13)7-3-2-4-8(5-7)9(10,11)12/h3-5,8-9,15H,6-7,10-11H2,1-2H3;5-6H,3-4,7H2,1-2H3;2-5H,1H3/q;+1;. The number of carbonyl (C=O) groups excluding carboxylic acids is 2. The summed E-state index contributed by atoms with van der Waals surface area (Å²) in [7, 11) is 7.14. The van der Waals surface area contributed by atoms with E-state index in [2.05, 4.69) is 23.9 Å². The Kier molecular flexibility index (Phi) is 12.3. The molecule has 0 radical (unpaired) electrons. The minimum absolute atomic E-state index is 0.0286. The number of fused-ring (bicyclic) bond motifs is 4. The van der Waals surface area contributed by atoms with Crippen molar-refractivity contribution >= 4 is 17.8 Å². The Morgan fingerprint density at radius 2 is 1.33 bits per heavy atom. The number of benzene rings is 4. The van der Waals surface area contributed by atoms with Crippen LogP contribution in [0.15, 0.2) is 60.7 Å². The van der Waals surface area contributed by atoms with Gasteiger partial charge in [0, 0.05) is 42.1 Å². The van der Waals surface area contributed by atoms with Crippen LogP contribution >= 0.6 is 0 Å². The summed E-state index contributed by atoms with van der Waals surface area (Å²) >= 11 is 0. The second kappa shape index (κ2) is 17.0. The summed E-state index contributed by atoms with van der Waals surface area (Å²) < 4.78 is 110. The highest BCUT2D eigenvalue weighted by molar-refractivity contribution is 5.97. The third-order valence-corrected chi connectivity index (χ3v) is 10.1. The number of methoxy groups -OCH3 is 2. The molecule has 4 aromatic carbocycles. The van der Waals surface area contributed by atoms with Gasteiger partial charge < -0.3 is 28.4 Å². The lowest BCUT2D eigenvalue weighted by molar-refractivity contribution is -0.493. The molecule has 308 valence electrons. The highest BCUT2D eigenvalue weighted by Gasteiger charge is 2.36. The van der Waals surface area contributed by atoms with Gasteiger partial charge >= 0.3 is 12.4 Å². The lowest BCUT2D eigenvalue weighted by atomic mass is 9.87. The Bertz CT molecular complexity index is 2240. The largest absolute Gasteiger partial charge is 0.492 e. The Morgan fingerprint density at radius 3 is 1.90 bits per heavy atom. The van der Waals surface area contributed by atoms with E-state index >= 15 is 0 Å². The zero-order chi connectivity index (χ0) is 41.9. The number of ketones is 2. The molecule has 4 aliphatic rings. The van der Waals surface area contributed by atoms with Crippen molar-refractivity contribution in [1.29, 1.82) is 0 Å². The minimum Gasteiger partial charge on any atom is -0.492 e. The second-order valence-corrected chi connectivity index (χ2v) is 13.9. The molecule has 0 N–H and O–H groups in total. The molecule has 0 fully saturated rings. The normalized spacial score (nSPS) is 16.4. The molecule has 58 heavy (non-hydrogen) atoms. The first-order valence-electron chi connectivity index (χ1n) is 18.1. The summed E-state index contributed by atoms with van der Waals surface area (Å²) in [5, 5.41) is 0. The van der Waals surface area contributed by atoms with E-state index in [-0.39, 0.29) is 48.7 Å². The number of alkyl halides is 6. The number of halogens is 6. The fourth-order valence-electron chi connectivity index (χ4n) is 7.07. The lowest BCUT2D eigenvalue weighted by Crippen LogP contribution is -2.34. The van der Waals surface area contributed by atoms with Crippen molar-refractivity contribution in [3.05, 3.63) is 105 Å². The Hall–Kier alpha value is -5.77. The first-order valence-corrected chi connectivity index (χ1v) is 18.1. The van der Waals surface area contributed by atoms with Crippen LogP contribution in [0.2, 0.25) is 0 Å². The number of rotatable bonds is 6. The molecule has 0 spiro atoms. The fraction of sp³-hybridized carbons (Fsp3) is 0.357. The molecule has 16 heteroatoms. The van der Waals surface area contributed by atoms with Gasteiger partial charge in [0.05, 0.1) is 30.9 Å². The summed E-state index contributed by atoms with van der Waals surface area (Å²) in [6.45, 7) is 3.34. The molecule has 4 aromatic rings. The minimum atomic E-state index is -4.49. The quantitative estimate of drug-likeness (QED) is 0.109. The number of hydrogen-bond acceptors (Lipinski definition) is 9. The van der Waals surface area contributed by atoms with Gasteiger partial charge in [-0.05, 0) is 67.9 Å². The average Bonchev–Trinajstić information content (AvgIpc) is 3.87. The maximum absolute atomic E-state index is 13.0. The molecule has 4 heterocycles. The Morgan fingerprint density at radius 1 is 0.776 bits per heavy atom. The number of carbonyl (C=O) groups is 2. The number of likely N-dealkylation sites (N-methyl/N-ethyl adjacent to an activating group) is 2. The van der Waals surface area contributed by atoms with Gasteiger partial charge in [-0.25, -0.2) is 4.58 Å². The van der Waals surface area contributed by atoms with Crippen molar-refractivity contribution in [1.82, 2.24) is 4.90 Å². The summed E-state index contributed by atoms with van der Waals surface area (Å²) in [5.74, 6) is 3.21. The molecule has 10 nitrogen and oxygen atoms in total. The molecule has 0 saturated heterocycles. The summed E-state index contributed by atoms with van der Waals surface area (Å²) in [6.07, 6.45) is -5.00. The van der Waals surface area contributed by atoms with Crippen molar-refractivity contribution in [2.75, 3.05) is 55.0 Å². The van der Waals surface area contributed by atoms with Crippen LogP contribution in [0, 0.1) is 0 Å². The summed E-state index contributed by atoms with van der Waals surface area (Å²) in [6, 6.07) is 12.5. The Labute approximate surface area is 330 Å². The van der Waals surface area contributed by atoms with E-state index in [1.807, 2.05) is 18.0 Å². The molecule has 0 saturated carbocycles. The van der Waals surface area contributed by atoms with Crippen LogP contribution in [-0.2, 0) is 25.2 Å². The lowest BCUT2D eigenvalue weighted by Gasteiger charge is -2.35. The second-order valence-electron chi connectivity index (χ2n) is 13.9. The van der Waals surface area contributed by atoms with Gasteiger partial charge in [0.25, 0.3) is 0 Å². The predicted molar refractivity (Wildman–Crippen MR) is 199 cm³/mol. The van der Waals surface area contributed by atoms with Crippen molar-refractivity contribution in [3.8, 4) is 34.5 Å². The highest BCUT2D eigenvalue weighted by atomic mass is 19.4. The molecule has 0 aliphatic carbocycles. The predicted octanol–water partition coefficient (Wildman–Crippen LogP) is 8.19. The van der Waals surface area contributed by atoms with E-state index in [0.29, 0.717) is 23.8 Å². The highest BCUT2D eigenvalue weighted by Crippen LogP contribution is 2.50. The topological polar surface area (TPSA) is 95.8 Å². The molecular formula is C42H41F6N2O8+. The summed E-state index contributed by atoms with van der Waals surface area (Å²) in [5.41, 5.74) is 2.69. The van der Waals surface area contributed by atoms with Gasteiger partial charge in [0.15, 0.2) is 40.8 Å². The van der Waals surface area contributed by atoms with E-state index in [4.69, 9.17) is 28.4 Å². The van der Waals surface area contributed by atoms with Crippen molar-refractivity contribution in [2.24, 2.45) is 0 Å². The monoisotopic (exact) mass is 815 g/mol. The smallest absolute Gasteiger partial charge is 0.416 e. The molecule has 4 aliphatic heterocycles. The third-order valence-electron chi connectivity index (χ3n) is 10.1. The number of hydrogen-bond donors (Lipinski definition) is 0. The van der Waals surface area contributed by atoms with E-state index in [0.717, 1.165) is 77.6 Å². The molecule has 0 amide bonds. The first kappa shape index (κ1) is 41.9. The van der Waals surface area contributed by atoms with Crippen molar-refractivity contribution in [2.45, 2.75) is 44.6 Å². The van der Waals surface area contributed by atoms with Crippen LogP contribution in [0.4, 0.5) is 26.3 Å². The number of ether oxygens (including phenoxy) is 6. The van der Waals surface area contributed by atoms with E-state index < -0.39 is 23.5 Å². The molecule has 8 rings (SSSR count). The van der Waals surface area contributed by atoms with Crippen LogP contribution in [0.1, 0.15) is 73.5 Å². The SMILES string of the molecule is CC(=O)c1cccc(C(F)(F)F)c1.COc1c2c(cc3c1C(CC(=O)c1cccc(C(F)(F)F)c1)N(C)CC3)OCO2.COc1c2c(cc3c1OCO3)CC[N+](C)=C2. The average molecular weight is 816 g/mol. The molecule has 0 bridgehead atoms. The van der Waals surface area contributed by atoms with Crippen LogP contribution < -0.4 is 28.4 Å². The van der Waals surface area contributed by atoms with Gasteiger partial charge in [0.1, 0.15) is 13.6 Å².